The van der Waals surface area contributed by atoms with Gasteiger partial charge in [-0.3, -0.25) is 2.78 Å². The van der Waals surface area contributed by atoms with Crippen molar-refractivity contribution in [3.63, 3.8) is 0 Å². The standard InChI is InChI=1S/C18H15ClIN3O2/c19-17-16-15(21-10-22-17)14(8-23(16)20)13-6-11(7-13)9-25-18(24)12-4-2-1-3-5-12/h1-5,8,10-11,13H,6-7,9H2. The third-order valence-corrected chi connectivity index (χ3v) is 5.69. The summed E-state index contributed by atoms with van der Waals surface area (Å²) in [5.74, 6) is 0.555. The van der Waals surface area contributed by atoms with Crippen molar-refractivity contribution in [1.82, 2.24) is 12.7 Å². The summed E-state index contributed by atoms with van der Waals surface area (Å²) in [6.07, 6.45) is 5.55. The summed E-state index contributed by atoms with van der Waals surface area (Å²) in [5, 5.41) is 0.471. The highest BCUT2D eigenvalue weighted by atomic mass is 127. The maximum atomic E-state index is 12.0. The van der Waals surface area contributed by atoms with Crippen LogP contribution < -0.4 is 0 Å². The first-order chi connectivity index (χ1) is 12.1. The number of esters is 1. The van der Waals surface area contributed by atoms with Crippen molar-refractivity contribution in [2.45, 2.75) is 18.8 Å². The van der Waals surface area contributed by atoms with Crippen LogP contribution in [0.4, 0.5) is 0 Å². The first kappa shape index (κ1) is 16.8. The van der Waals surface area contributed by atoms with Crippen LogP contribution in [0, 0.1) is 5.92 Å². The van der Waals surface area contributed by atoms with E-state index in [0.29, 0.717) is 29.2 Å². The summed E-state index contributed by atoms with van der Waals surface area (Å²) < 4.78 is 7.39. The molecule has 0 radical (unpaired) electrons. The Hall–Kier alpha value is -1.67. The molecule has 1 aliphatic rings. The van der Waals surface area contributed by atoms with E-state index in [4.69, 9.17) is 16.3 Å². The lowest BCUT2D eigenvalue weighted by Crippen LogP contribution is -2.27. The number of aromatic nitrogens is 3. The highest BCUT2D eigenvalue weighted by Crippen LogP contribution is 2.45. The van der Waals surface area contributed by atoms with Crippen LogP contribution in [0.15, 0.2) is 42.9 Å². The molecule has 128 valence electrons. The van der Waals surface area contributed by atoms with Crippen LogP contribution in [0.25, 0.3) is 11.0 Å². The van der Waals surface area contributed by atoms with E-state index in [2.05, 4.69) is 39.0 Å². The van der Waals surface area contributed by atoms with Gasteiger partial charge in [0.2, 0.25) is 0 Å². The van der Waals surface area contributed by atoms with Crippen molar-refractivity contribution >= 4 is 51.5 Å². The van der Waals surface area contributed by atoms with Crippen LogP contribution in [0.2, 0.25) is 5.15 Å². The summed E-state index contributed by atoms with van der Waals surface area (Å²) >= 11 is 8.38. The molecule has 4 rings (SSSR count). The van der Waals surface area contributed by atoms with Crippen molar-refractivity contribution < 1.29 is 9.53 Å². The molecule has 0 saturated heterocycles. The van der Waals surface area contributed by atoms with Gasteiger partial charge < -0.3 is 4.74 Å². The second-order valence-electron chi connectivity index (χ2n) is 6.26. The number of benzene rings is 1. The molecule has 1 aromatic carbocycles. The van der Waals surface area contributed by atoms with E-state index in [1.54, 1.807) is 12.1 Å². The summed E-state index contributed by atoms with van der Waals surface area (Å²) in [4.78, 5) is 20.4. The Morgan fingerprint density at radius 3 is 2.80 bits per heavy atom. The van der Waals surface area contributed by atoms with Crippen molar-refractivity contribution in [3.05, 3.63) is 59.1 Å². The van der Waals surface area contributed by atoms with E-state index >= 15 is 0 Å². The Kier molecular flexibility index (Phi) is 4.64. The SMILES string of the molecule is O=C(OCC1CC(c2cn(I)c3c(Cl)ncnc23)C1)c1ccccc1. The molecular formula is C18H15ClIN3O2. The van der Waals surface area contributed by atoms with E-state index in [-0.39, 0.29) is 5.97 Å². The molecule has 0 atom stereocenters. The minimum absolute atomic E-state index is 0.257. The predicted molar refractivity (Wildman–Crippen MR) is 104 cm³/mol. The smallest absolute Gasteiger partial charge is 0.338 e. The van der Waals surface area contributed by atoms with E-state index in [9.17, 15) is 4.79 Å². The molecule has 7 heteroatoms. The largest absolute Gasteiger partial charge is 0.462 e. The minimum atomic E-state index is -0.257. The number of halogens is 2. The van der Waals surface area contributed by atoms with Gasteiger partial charge >= 0.3 is 5.97 Å². The quantitative estimate of drug-likeness (QED) is 0.319. The normalized spacial score (nSPS) is 19.6. The number of fused-ring (bicyclic) bond motifs is 1. The van der Waals surface area contributed by atoms with Gasteiger partial charge in [0.05, 0.1) is 40.6 Å². The average molecular weight is 468 g/mol. The second kappa shape index (κ2) is 6.92. The van der Waals surface area contributed by atoms with Crippen LogP contribution in [0.1, 0.15) is 34.7 Å². The van der Waals surface area contributed by atoms with Gasteiger partial charge in [0, 0.05) is 11.8 Å². The lowest BCUT2D eigenvalue weighted by atomic mass is 9.72. The van der Waals surface area contributed by atoms with Gasteiger partial charge in [-0.15, -0.1) is 0 Å². The zero-order valence-corrected chi connectivity index (χ0v) is 16.1. The predicted octanol–water partition coefficient (Wildman–Crippen LogP) is 4.63. The van der Waals surface area contributed by atoms with Crippen LogP contribution in [-0.4, -0.2) is 25.3 Å². The van der Waals surface area contributed by atoms with Gasteiger partial charge in [-0.05, 0) is 36.8 Å². The number of ether oxygens (including phenoxy) is 1. The summed E-state index contributed by atoms with van der Waals surface area (Å²) in [6.45, 7) is 0.461. The molecule has 5 nitrogen and oxygen atoms in total. The fourth-order valence-corrected chi connectivity index (χ4v) is 4.41. The first-order valence-electron chi connectivity index (χ1n) is 8.03. The second-order valence-corrected chi connectivity index (χ2v) is 7.65. The van der Waals surface area contributed by atoms with Gasteiger partial charge in [0.25, 0.3) is 0 Å². The molecule has 1 saturated carbocycles. The van der Waals surface area contributed by atoms with Crippen LogP contribution in [-0.2, 0) is 4.74 Å². The van der Waals surface area contributed by atoms with Gasteiger partial charge in [-0.1, -0.05) is 29.8 Å². The Labute approximate surface area is 163 Å². The molecule has 2 heterocycles. The van der Waals surface area contributed by atoms with Crippen LogP contribution in [0.3, 0.4) is 0 Å². The highest BCUT2D eigenvalue weighted by molar-refractivity contribution is 14.1. The van der Waals surface area contributed by atoms with E-state index in [1.165, 1.54) is 11.9 Å². The summed E-state index contributed by atoms with van der Waals surface area (Å²) in [6, 6.07) is 9.09. The third-order valence-electron chi connectivity index (χ3n) is 4.65. The van der Waals surface area contributed by atoms with Gasteiger partial charge in [0.15, 0.2) is 5.15 Å². The summed E-state index contributed by atoms with van der Waals surface area (Å²) in [5.41, 5.74) is 3.56. The highest BCUT2D eigenvalue weighted by Gasteiger charge is 2.34. The molecule has 0 amide bonds. The first-order valence-corrected chi connectivity index (χ1v) is 9.37. The molecule has 2 aromatic heterocycles. The number of hydrogen-bond donors (Lipinski definition) is 0. The topological polar surface area (TPSA) is 57.0 Å². The zero-order chi connectivity index (χ0) is 17.4. The molecule has 3 aromatic rings. The van der Waals surface area contributed by atoms with Crippen molar-refractivity contribution in [3.8, 4) is 0 Å². The van der Waals surface area contributed by atoms with Gasteiger partial charge in [0.1, 0.15) is 11.8 Å². The monoisotopic (exact) mass is 467 g/mol. The lowest BCUT2D eigenvalue weighted by Gasteiger charge is -2.34. The molecule has 0 bridgehead atoms. The molecule has 1 aliphatic carbocycles. The zero-order valence-electron chi connectivity index (χ0n) is 13.2. The molecular weight excluding hydrogens is 453 g/mol. The maximum absolute atomic E-state index is 12.0. The number of hydrogen-bond acceptors (Lipinski definition) is 4. The molecule has 0 aliphatic heterocycles. The van der Waals surface area contributed by atoms with Crippen LogP contribution >= 0.6 is 34.5 Å². The number of rotatable bonds is 4. The Bertz CT molecular complexity index is 923. The number of carbonyl (C=O) groups excluding carboxylic acids is 1. The van der Waals surface area contributed by atoms with Crippen molar-refractivity contribution in [2.75, 3.05) is 6.61 Å². The Morgan fingerprint density at radius 2 is 2.04 bits per heavy atom. The average Bonchev–Trinajstić information content (AvgIpc) is 2.92. The minimum Gasteiger partial charge on any atom is -0.462 e. The molecule has 0 spiro atoms. The molecule has 0 N–H and O–H groups in total. The van der Waals surface area contributed by atoms with E-state index in [1.807, 2.05) is 21.0 Å². The van der Waals surface area contributed by atoms with Crippen LogP contribution in [0.5, 0.6) is 0 Å². The molecule has 25 heavy (non-hydrogen) atoms. The van der Waals surface area contributed by atoms with E-state index in [0.717, 1.165) is 23.9 Å². The molecule has 1 fully saturated rings. The van der Waals surface area contributed by atoms with Gasteiger partial charge in [-0.25, -0.2) is 14.8 Å². The number of nitrogens with zero attached hydrogens (tertiary/aromatic N) is 3. The molecule has 0 unspecified atom stereocenters. The lowest BCUT2D eigenvalue weighted by molar-refractivity contribution is 0.0345. The van der Waals surface area contributed by atoms with Crippen molar-refractivity contribution in [2.24, 2.45) is 5.92 Å². The Balaban J connectivity index is 1.38. The number of carbonyl (C=O) groups is 1. The fraction of sp³-hybridized carbons (Fsp3) is 0.278. The third kappa shape index (κ3) is 3.25. The fourth-order valence-electron chi connectivity index (χ4n) is 3.28. The van der Waals surface area contributed by atoms with Crippen molar-refractivity contribution in [1.29, 1.82) is 0 Å². The Morgan fingerprint density at radius 1 is 1.28 bits per heavy atom. The van der Waals surface area contributed by atoms with E-state index < -0.39 is 0 Å². The summed E-state index contributed by atoms with van der Waals surface area (Å²) in [7, 11) is 0. The maximum Gasteiger partial charge on any atom is 0.338 e. The van der Waals surface area contributed by atoms with Gasteiger partial charge in [-0.2, -0.15) is 0 Å².